The molecule has 1 rings (SSSR count). The average Bonchev–Trinajstić information content (AvgIpc) is 2.39. The lowest BCUT2D eigenvalue weighted by atomic mass is 10.4. The second-order valence-corrected chi connectivity index (χ2v) is 6.44. The van der Waals surface area contributed by atoms with Crippen LogP contribution in [-0.4, -0.2) is 48.4 Å². The molecular formula is C11H20N4O5S. The Morgan fingerprint density at radius 1 is 1.29 bits per heavy atom. The number of sulfonamides is 1. The van der Waals surface area contributed by atoms with Crippen molar-refractivity contribution in [1.29, 1.82) is 0 Å². The minimum absolute atomic E-state index is 0.0566. The van der Waals surface area contributed by atoms with Crippen molar-refractivity contribution in [1.82, 2.24) is 19.2 Å². The van der Waals surface area contributed by atoms with Crippen LogP contribution in [0.2, 0.25) is 0 Å². The Bertz CT molecular complexity index is 704. The van der Waals surface area contributed by atoms with Crippen LogP contribution in [0.1, 0.15) is 6.92 Å². The van der Waals surface area contributed by atoms with Crippen molar-refractivity contribution < 1.29 is 13.5 Å². The van der Waals surface area contributed by atoms with Crippen molar-refractivity contribution in [3.05, 3.63) is 27.0 Å². The van der Waals surface area contributed by atoms with Gasteiger partial charge in [-0.15, -0.1) is 0 Å². The van der Waals surface area contributed by atoms with Crippen molar-refractivity contribution in [2.24, 2.45) is 14.1 Å². The summed E-state index contributed by atoms with van der Waals surface area (Å²) in [6, 6.07) is 0. The van der Waals surface area contributed by atoms with Gasteiger partial charge in [0.05, 0.1) is 6.10 Å². The minimum atomic E-state index is -4.00. The Balaban J connectivity index is 2.85. The minimum Gasteiger partial charge on any atom is -0.392 e. The maximum absolute atomic E-state index is 12.0. The molecule has 0 fully saturated rings. The summed E-state index contributed by atoms with van der Waals surface area (Å²) in [5.74, 6) is 0. The van der Waals surface area contributed by atoms with Gasteiger partial charge in [0.15, 0.2) is 4.90 Å². The van der Waals surface area contributed by atoms with Crippen LogP contribution in [0.25, 0.3) is 0 Å². The average molecular weight is 320 g/mol. The molecule has 0 radical (unpaired) electrons. The largest absolute Gasteiger partial charge is 0.392 e. The first kappa shape index (κ1) is 17.6. The van der Waals surface area contributed by atoms with Gasteiger partial charge < -0.3 is 15.0 Å². The maximum Gasteiger partial charge on any atom is 0.330 e. The predicted octanol–water partition coefficient (Wildman–Crippen LogP) is -2.67. The van der Waals surface area contributed by atoms with Crippen LogP contribution >= 0.6 is 0 Å². The number of aliphatic hydroxyl groups excluding tert-OH is 1. The van der Waals surface area contributed by atoms with E-state index in [0.717, 1.165) is 15.3 Å². The Morgan fingerprint density at radius 3 is 2.48 bits per heavy atom. The Kier molecular flexibility index (Phi) is 5.84. The highest BCUT2D eigenvalue weighted by atomic mass is 32.2. The van der Waals surface area contributed by atoms with Gasteiger partial charge in [0, 0.05) is 39.9 Å². The molecule has 9 nitrogen and oxygen atoms in total. The summed E-state index contributed by atoms with van der Waals surface area (Å²) in [7, 11) is -1.42. The van der Waals surface area contributed by atoms with Crippen LogP contribution in [0.4, 0.5) is 0 Å². The summed E-state index contributed by atoms with van der Waals surface area (Å²) in [6.45, 7) is 2.30. The standard InChI is InChI=1S/C11H20N4O5S/c1-8(16)6-12-4-5-13-21(19,20)9-7-14(2)11(18)15(3)10(9)17/h7-8,12-13,16H,4-6H2,1-3H3. The van der Waals surface area contributed by atoms with Gasteiger partial charge in [-0.2, -0.15) is 0 Å². The number of aromatic nitrogens is 2. The molecule has 0 aliphatic carbocycles. The highest BCUT2D eigenvalue weighted by Crippen LogP contribution is 1.98. The predicted molar refractivity (Wildman–Crippen MR) is 76.7 cm³/mol. The molecule has 1 aromatic rings. The third-order valence-corrected chi connectivity index (χ3v) is 4.18. The number of hydrogen-bond donors (Lipinski definition) is 3. The van der Waals surface area contributed by atoms with Gasteiger partial charge in [-0.25, -0.2) is 17.9 Å². The molecule has 0 aliphatic rings. The summed E-state index contributed by atoms with van der Waals surface area (Å²) >= 11 is 0. The smallest absolute Gasteiger partial charge is 0.330 e. The van der Waals surface area contributed by atoms with Gasteiger partial charge >= 0.3 is 5.69 Å². The van der Waals surface area contributed by atoms with Crippen molar-refractivity contribution in [2.45, 2.75) is 17.9 Å². The fraction of sp³-hybridized carbons (Fsp3) is 0.636. The van der Waals surface area contributed by atoms with Crippen LogP contribution < -0.4 is 21.3 Å². The van der Waals surface area contributed by atoms with Crippen molar-refractivity contribution in [3.63, 3.8) is 0 Å². The lowest BCUT2D eigenvalue weighted by Crippen LogP contribution is -2.42. The van der Waals surface area contributed by atoms with E-state index in [0.29, 0.717) is 13.1 Å². The van der Waals surface area contributed by atoms with Crippen LogP contribution in [0.3, 0.4) is 0 Å². The Labute approximate surface area is 122 Å². The van der Waals surface area contributed by atoms with Crippen molar-refractivity contribution in [3.8, 4) is 0 Å². The van der Waals surface area contributed by atoms with E-state index in [2.05, 4.69) is 10.0 Å². The van der Waals surface area contributed by atoms with Gasteiger partial charge in [-0.3, -0.25) is 9.36 Å². The van der Waals surface area contributed by atoms with E-state index in [9.17, 15) is 18.0 Å². The highest BCUT2D eigenvalue weighted by Gasteiger charge is 2.20. The Hall–Kier alpha value is -1.49. The topological polar surface area (TPSA) is 122 Å². The van der Waals surface area contributed by atoms with E-state index in [1.165, 1.54) is 14.1 Å². The first-order chi connectivity index (χ1) is 9.66. The Morgan fingerprint density at radius 2 is 1.90 bits per heavy atom. The van der Waals surface area contributed by atoms with Crippen LogP contribution in [0.15, 0.2) is 20.7 Å². The number of nitrogens with one attached hydrogen (secondary N) is 2. The summed E-state index contributed by atoms with van der Waals surface area (Å²) in [5.41, 5.74) is -1.47. The molecule has 1 atom stereocenters. The number of aliphatic hydroxyl groups is 1. The SMILES string of the molecule is CC(O)CNCCNS(=O)(=O)c1cn(C)c(=O)n(C)c1=O. The molecule has 0 aromatic carbocycles. The van der Waals surface area contributed by atoms with Crippen molar-refractivity contribution >= 4 is 10.0 Å². The van der Waals surface area contributed by atoms with E-state index in [1.54, 1.807) is 6.92 Å². The maximum atomic E-state index is 12.0. The van der Waals surface area contributed by atoms with E-state index in [1.807, 2.05) is 0 Å². The fourth-order valence-electron chi connectivity index (χ4n) is 1.62. The zero-order valence-corrected chi connectivity index (χ0v) is 13.0. The quantitative estimate of drug-likeness (QED) is 0.471. The monoisotopic (exact) mass is 320 g/mol. The summed E-state index contributed by atoms with van der Waals surface area (Å²) in [5, 5.41) is 11.9. The normalized spacial score (nSPS) is 13.3. The fourth-order valence-corrected chi connectivity index (χ4v) is 2.81. The second kappa shape index (κ2) is 6.98. The first-order valence-electron chi connectivity index (χ1n) is 6.32. The van der Waals surface area contributed by atoms with E-state index >= 15 is 0 Å². The molecule has 0 aliphatic heterocycles. The van der Waals surface area contributed by atoms with Crippen LogP contribution in [-0.2, 0) is 24.1 Å². The van der Waals surface area contributed by atoms with E-state index < -0.39 is 32.3 Å². The van der Waals surface area contributed by atoms with Crippen LogP contribution in [0, 0.1) is 0 Å². The molecule has 21 heavy (non-hydrogen) atoms. The molecule has 1 unspecified atom stereocenters. The van der Waals surface area contributed by atoms with E-state index in [4.69, 9.17) is 5.11 Å². The molecule has 0 bridgehead atoms. The summed E-state index contributed by atoms with van der Waals surface area (Å²) in [6.07, 6.45) is 0.466. The third kappa shape index (κ3) is 4.49. The first-order valence-corrected chi connectivity index (χ1v) is 7.80. The molecule has 0 spiro atoms. The zero-order chi connectivity index (χ0) is 16.2. The summed E-state index contributed by atoms with van der Waals surface area (Å²) < 4.78 is 28.1. The second-order valence-electron chi connectivity index (χ2n) is 4.70. The van der Waals surface area contributed by atoms with Crippen LogP contribution in [0.5, 0.6) is 0 Å². The summed E-state index contributed by atoms with van der Waals surface area (Å²) in [4.78, 5) is 22.9. The number of nitrogens with zero attached hydrogens (tertiary/aromatic N) is 2. The molecule has 3 N–H and O–H groups in total. The van der Waals surface area contributed by atoms with Gasteiger partial charge in [0.2, 0.25) is 10.0 Å². The number of rotatable bonds is 7. The van der Waals surface area contributed by atoms with Gasteiger partial charge in [0.25, 0.3) is 5.56 Å². The molecule has 0 amide bonds. The van der Waals surface area contributed by atoms with Gasteiger partial charge in [-0.05, 0) is 6.92 Å². The van der Waals surface area contributed by atoms with Gasteiger partial charge in [-0.1, -0.05) is 0 Å². The molecule has 120 valence electrons. The third-order valence-electron chi connectivity index (χ3n) is 2.74. The van der Waals surface area contributed by atoms with Crippen molar-refractivity contribution in [2.75, 3.05) is 19.6 Å². The molecule has 10 heteroatoms. The highest BCUT2D eigenvalue weighted by molar-refractivity contribution is 7.89. The molecule has 1 aromatic heterocycles. The number of aryl methyl sites for hydroxylation is 1. The molecular weight excluding hydrogens is 300 g/mol. The lowest BCUT2D eigenvalue weighted by Gasteiger charge is -2.10. The molecule has 0 saturated heterocycles. The van der Waals surface area contributed by atoms with E-state index in [-0.39, 0.29) is 6.54 Å². The van der Waals surface area contributed by atoms with Gasteiger partial charge in [0.1, 0.15) is 0 Å². The lowest BCUT2D eigenvalue weighted by molar-refractivity contribution is 0.192. The zero-order valence-electron chi connectivity index (χ0n) is 12.2. The number of hydrogen-bond acceptors (Lipinski definition) is 6. The molecule has 0 saturated carbocycles. The molecule has 1 heterocycles.